The summed E-state index contributed by atoms with van der Waals surface area (Å²) >= 11 is 0. The maximum Gasteiger partial charge on any atom is 0.252 e. The minimum Gasteiger partial charge on any atom is -0.311 e. The average molecular weight is 1280 g/mol. The van der Waals surface area contributed by atoms with Crippen LogP contribution in [0.15, 0.2) is 333 Å². The summed E-state index contributed by atoms with van der Waals surface area (Å²) in [5.74, 6) is 2.09. The van der Waals surface area contributed by atoms with E-state index in [1.54, 1.807) is 5.57 Å². The number of anilines is 9. The van der Waals surface area contributed by atoms with Crippen molar-refractivity contribution in [3.63, 3.8) is 0 Å². The lowest BCUT2D eigenvalue weighted by Gasteiger charge is -2.87. The molecular weight excluding hydrogens is 1210 g/mol. The largest absolute Gasteiger partial charge is 0.311 e. The highest BCUT2D eigenvalue weighted by Crippen LogP contribution is 2.92. The van der Waals surface area contributed by atoms with E-state index in [0.29, 0.717) is 17.3 Å². The lowest BCUT2D eigenvalue weighted by atomic mass is 9.15. The Morgan fingerprint density at radius 2 is 0.830 bits per heavy atom. The van der Waals surface area contributed by atoms with Gasteiger partial charge in [-0.2, -0.15) is 0 Å². The Morgan fingerprint density at radius 1 is 0.370 bits per heavy atom. The molecule has 2 aliphatic heterocycles. The Hall–Kier alpha value is -11.9. The highest BCUT2D eigenvalue weighted by atomic mass is 15.2. The molecule has 22 rings (SSSR count). The van der Waals surface area contributed by atoms with Crippen LogP contribution >= 0.6 is 0 Å². The highest BCUT2D eigenvalue weighted by molar-refractivity contribution is 7.00. The zero-order valence-corrected chi connectivity index (χ0v) is 55.7. The monoisotopic (exact) mass is 1270 g/mol. The third-order valence-electron chi connectivity index (χ3n) is 24.4. The summed E-state index contributed by atoms with van der Waals surface area (Å²) in [4.78, 5) is 7.98. The van der Waals surface area contributed by atoms with Gasteiger partial charge in [0, 0.05) is 83.7 Å². The summed E-state index contributed by atoms with van der Waals surface area (Å²) < 4.78 is 2.57. The van der Waals surface area contributed by atoms with Gasteiger partial charge >= 0.3 is 0 Å². The van der Waals surface area contributed by atoms with E-state index in [2.05, 4.69) is 361 Å². The van der Waals surface area contributed by atoms with Crippen molar-refractivity contribution in [2.24, 2.45) is 23.2 Å². The van der Waals surface area contributed by atoms with Crippen LogP contribution in [0.2, 0.25) is 0 Å². The molecule has 5 aliphatic carbocycles. The van der Waals surface area contributed by atoms with Gasteiger partial charge in [0.15, 0.2) is 0 Å². The quantitative estimate of drug-likeness (QED) is 0.100. The fourth-order valence-electron chi connectivity index (χ4n) is 20.6. The SMILES string of the molecule is Cc1cc(-c2ccccc2)c(N2c3ccc(N(c4ccccc4)c4ccccc4)cc3B3c4cc5c(cc4N(c4c(-c6ccccc6)cc(C)cc4-c4ccccc4)c4cc(-n6c7ccccc7c7ccccc76)cc2c43)-c2ccccc2C52C3=CC4CC5CC2C345)c(-c2ccccc2)c1. The van der Waals surface area contributed by atoms with Gasteiger partial charge in [-0.25, -0.2) is 0 Å². The van der Waals surface area contributed by atoms with Crippen molar-refractivity contribution < 1.29 is 0 Å². The maximum absolute atomic E-state index is 2.80. The first kappa shape index (κ1) is 56.1. The Labute approximate surface area is 583 Å². The third kappa shape index (κ3) is 7.41. The Kier molecular flexibility index (Phi) is 11.7. The molecule has 15 aromatic rings. The first-order chi connectivity index (χ1) is 49.4. The zero-order chi connectivity index (χ0) is 65.7. The maximum atomic E-state index is 2.80. The fraction of sp³-hybridized carbons (Fsp3) is 0.0947. The normalized spacial score (nSPS) is 19.4. The minimum atomic E-state index is -0.263. The highest BCUT2D eigenvalue weighted by Gasteiger charge is 2.87. The van der Waals surface area contributed by atoms with Crippen molar-refractivity contribution in [2.45, 2.75) is 32.1 Å². The smallest absolute Gasteiger partial charge is 0.252 e. The Morgan fingerprint density at radius 3 is 1.33 bits per heavy atom. The van der Waals surface area contributed by atoms with Crippen molar-refractivity contribution in [3.8, 4) is 61.3 Å². The topological polar surface area (TPSA) is 14.7 Å². The van der Waals surface area contributed by atoms with Crippen LogP contribution in [-0.4, -0.2) is 11.3 Å². The molecule has 14 aromatic carbocycles. The van der Waals surface area contributed by atoms with E-state index in [1.807, 2.05) is 0 Å². The lowest BCUT2D eigenvalue weighted by Crippen LogP contribution is -2.82. The van der Waals surface area contributed by atoms with Crippen LogP contribution in [0.25, 0.3) is 83.1 Å². The van der Waals surface area contributed by atoms with Crippen LogP contribution in [0.1, 0.15) is 35.1 Å². The van der Waals surface area contributed by atoms with Crippen molar-refractivity contribution in [2.75, 3.05) is 14.7 Å². The van der Waals surface area contributed by atoms with Gasteiger partial charge < -0.3 is 19.3 Å². The fourth-order valence-corrected chi connectivity index (χ4v) is 20.6. The number of aryl methyl sites for hydroxylation is 2. The number of hydrogen-bond donors (Lipinski definition) is 0. The summed E-state index contributed by atoms with van der Waals surface area (Å²) in [5, 5.41) is 2.45. The molecule has 0 bridgehead atoms. The molecule has 100 heavy (non-hydrogen) atoms. The van der Waals surface area contributed by atoms with Crippen molar-refractivity contribution in [3.05, 3.63) is 355 Å². The predicted molar refractivity (Wildman–Crippen MR) is 417 cm³/mol. The van der Waals surface area contributed by atoms with Gasteiger partial charge in [-0.15, -0.1) is 0 Å². The minimum absolute atomic E-state index is 0.184. The molecule has 5 heteroatoms. The second-order valence-electron chi connectivity index (χ2n) is 29.2. The van der Waals surface area contributed by atoms with Crippen LogP contribution in [0.3, 0.4) is 0 Å². The van der Waals surface area contributed by atoms with Gasteiger partial charge in [-0.3, -0.25) is 0 Å². The summed E-state index contributed by atoms with van der Waals surface area (Å²) in [5.41, 5.74) is 36.9. The number of hydrogen-bond acceptors (Lipinski definition) is 3. The van der Waals surface area contributed by atoms with E-state index in [9.17, 15) is 0 Å². The lowest BCUT2D eigenvalue weighted by molar-refractivity contribution is -0.255. The third-order valence-corrected chi connectivity index (χ3v) is 24.4. The van der Waals surface area contributed by atoms with Crippen LogP contribution in [0.5, 0.6) is 0 Å². The standard InChI is InChI=1S/C95H67BN4/c1-59-47-74(61-27-9-3-10-28-61)92(75(48-59)62-29-11-4-12-30-62)99-85-46-45-69(97(67-35-17-7-18-36-67)68-37-19-8-20-38-68)54-81(85)96-82-58-80-78(71-39-21-24-42-79(71)95(80)89-52-65-51-66-53-90(95)94(65,66)89)57-86(82)100(93-76(63-31-13-5-14-32-63)49-60(2)50-77(93)64-33-15-6-16-34-64)88-56-70(55-87(99)91(88)96)98-83-43-25-22-40-72(83)73-41-23-26-44-84(73)98/h3-50,52,54-58,65-66,90H,51,53H2,1-2H3. The van der Waals surface area contributed by atoms with Crippen molar-refractivity contribution in [1.82, 2.24) is 4.57 Å². The molecular formula is C95H67BN4. The van der Waals surface area contributed by atoms with E-state index in [1.165, 1.54) is 112 Å². The molecule has 5 atom stereocenters. The first-order valence-corrected chi connectivity index (χ1v) is 35.8. The number of rotatable bonds is 10. The molecule has 0 saturated heterocycles. The van der Waals surface area contributed by atoms with Gasteiger partial charge in [-0.05, 0) is 214 Å². The summed E-state index contributed by atoms with van der Waals surface area (Å²) in [6.07, 6.45) is 5.39. The molecule has 3 fully saturated rings. The summed E-state index contributed by atoms with van der Waals surface area (Å²) in [6.45, 7) is 4.29. The van der Waals surface area contributed by atoms with Gasteiger partial charge in [0.05, 0.1) is 28.1 Å². The predicted octanol–water partition coefficient (Wildman–Crippen LogP) is 22.5. The summed E-state index contributed by atoms with van der Waals surface area (Å²) in [7, 11) is 0. The molecule has 7 aliphatic rings. The second-order valence-corrected chi connectivity index (χ2v) is 29.2. The summed E-state index contributed by atoms with van der Waals surface area (Å²) in [6, 6.07) is 123. The number of benzene rings is 14. The second kappa shape index (κ2) is 20.8. The van der Waals surface area contributed by atoms with Gasteiger partial charge in [-0.1, -0.05) is 236 Å². The molecule has 1 aromatic heterocycles. The Bertz CT molecular complexity index is 5770. The molecule has 4 nitrogen and oxygen atoms in total. The number of para-hydroxylation sites is 4. The van der Waals surface area contributed by atoms with Gasteiger partial charge in [0.25, 0.3) is 6.71 Å². The average Bonchev–Trinajstić information content (AvgIpc) is 1.05. The molecule has 0 radical (unpaired) electrons. The van der Waals surface area contributed by atoms with Crippen molar-refractivity contribution in [1.29, 1.82) is 0 Å². The number of nitrogens with zero attached hydrogens (tertiary/aromatic N) is 4. The molecule has 0 amide bonds. The number of aromatic nitrogens is 1. The van der Waals surface area contributed by atoms with E-state index in [4.69, 9.17) is 0 Å². The molecule has 3 saturated carbocycles. The number of allylic oxidation sites excluding steroid dienone is 2. The van der Waals surface area contributed by atoms with E-state index < -0.39 is 0 Å². The van der Waals surface area contributed by atoms with E-state index in [-0.39, 0.29) is 12.1 Å². The molecule has 5 unspecified atom stereocenters. The van der Waals surface area contributed by atoms with E-state index in [0.717, 1.165) is 79.3 Å². The molecule has 3 heterocycles. The first-order valence-electron chi connectivity index (χ1n) is 35.8. The van der Waals surface area contributed by atoms with Gasteiger partial charge in [0.2, 0.25) is 0 Å². The molecule has 0 N–H and O–H groups in total. The zero-order valence-electron chi connectivity index (χ0n) is 55.7. The Balaban J connectivity index is 0.944. The molecule has 2 spiro atoms. The van der Waals surface area contributed by atoms with Crippen LogP contribution in [0, 0.1) is 37.0 Å². The van der Waals surface area contributed by atoms with Gasteiger partial charge in [0.1, 0.15) is 0 Å². The van der Waals surface area contributed by atoms with Crippen LogP contribution in [-0.2, 0) is 5.41 Å². The van der Waals surface area contributed by atoms with Crippen molar-refractivity contribution >= 4 is 96.1 Å². The van der Waals surface area contributed by atoms with Crippen LogP contribution < -0.4 is 31.1 Å². The molecule has 470 valence electrons. The van der Waals surface area contributed by atoms with Crippen LogP contribution in [0.4, 0.5) is 51.2 Å². The number of fused-ring (bicyclic) bond motifs is 14. The van der Waals surface area contributed by atoms with E-state index >= 15 is 0 Å².